The van der Waals surface area contributed by atoms with E-state index in [-0.39, 0.29) is 11.1 Å². The number of aliphatic hydroxyl groups excluding tert-OH is 1. The van der Waals surface area contributed by atoms with Gasteiger partial charge in [0.2, 0.25) is 0 Å². The van der Waals surface area contributed by atoms with E-state index >= 15 is 0 Å². The zero-order chi connectivity index (χ0) is 12.3. The average Bonchev–Trinajstić information content (AvgIpc) is 2.01. The summed E-state index contributed by atoms with van der Waals surface area (Å²) in [7, 11) is -1.75. The molecule has 0 bridgehead atoms. The Morgan fingerprint density at radius 1 is 1.40 bits per heavy atom. The lowest BCUT2D eigenvalue weighted by Crippen LogP contribution is -2.46. The van der Waals surface area contributed by atoms with Crippen LogP contribution in [0.1, 0.15) is 34.1 Å². The zero-order valence-corrected chi connectivity index (χ0v) is 12.0. The first-order chi connectivity index (χ1) is 6.62. The maximum absolute atomic E-state index is 9.77. The average molecular weight is 230 g/mol. The van der Waals surface area contributed by atoms with Crippen LogP contribution < -0.4 is 0 Å². The van der Waals surface area contributed by atoms with E-state index in [0.717, 1.165) is 0 Å². The van der Waals surface area contributed by atoms with Crippen molar-refractivity contribution >= 4 is 8.32 Å². The molecule has 0 saturated carbocycles. The summed E-state index contributed by atoms with van der Waals surface area (Å²) >= 11 is 0. The summed E-state index contributed by atoms with van der Waals surface area (Å²) in [5.74, 6) is 0. The van der Waals surface area contributed by atoms with Crippen LogP contribution in [0.3, 0.4) is 0 Å². The van der Waals surface area contributed by atoms with Gasteiger partial charge in [0.15, 0.2) is 8.32 Å². The van der Waals surface area contributed by atoms with E-state index in [1.165, 1.54) is 0 Å². The Morgan fingerprint density at radius 2 is 1.87 bits per heavy atom. The Labute approximate surface area is 95.5 Å². The molecule has 15 heavy (non-hydrogen) atoms. The molecule has 3 heteroatoms. The molecule has 0 aromatic heterocycles. The lowest BCUT2D eigenvalue weighted by molar-refractivity contribution is 0.0410. The summed E-state index contributed by atoms with van der Waals surface area (Å²) in [5.41, 5.74) is 0. The molecule has 0 aromatic carbocycles. The molecule has 0 aliphatic rings. The quantitative estimate of drug-likeness (QED) is 0.580. The van der Waals surface area contributed by atoms with Crippen molar-refractivity contribution in [2.45, 2.75) is 64.5 Å². The fourth-order valence-corrected chi connectivity index (χ4v) is 2.52. The second kappa shape index (κ2) is 5.28. The van der Waals surface area contributed by atoms with E-state index < -0.39 is 14.4 Å². The van der Waals surface area contributed by atoms with Crippen LogP contribution in [0.15, 0.2) is 12.7 Å². The molecule has 0 spiro atoms. The highest BCUT2D eigenvalue weighted by molar-refractivity contribution is 6.74. The lowest BCUT2D eigenvalue weighted by atomic mass is 10.2. The molecular formula is C12H26O2Si. The van der Waals surface area contributed by atoms with Gasteiger partial charge < -0.3 is 9.53 Å². The van der Waals surface area contributed by atoms with E-state index in [2.05, 4.69) is 40.4 Å². The van der Waals surface area contributed by atoms with Crippen molar-refractivity contribution in [2.24, 2.45) is 0 Å². The molecule has 1 N–H and O–H groups in total. The zero-order valence-electron chi connectivity index (χ0n) is 11.0. The minimum atomic E-state index is -1.75. The van der Waals surface area contributed by atoms with Crippen molar-refractivity contribution < 1.29 is 9.53 Å². The normalized spacial score (nSPS) is 17.3. The number of rotatable bonds is 5. The van der Waals surface area contributed by atoms with Crippen molar-refractivity contribution in [1.82, 2.24) is 0 Å². The Hall–Kier alpha value is -0.123. The summed E-state index contributed by atoms with van der Waals surface area (Å²) in [6, 6.07) is 0. The highest BCUT2D eigenvalue weighted by atomic mass is 28.4. The van der Waals surface area contributed by atoms with Gasteiger partial charge in [-0.3, -0.25) is 0 Å². The van der Waals surface area contributed by atoms with Gasteiger partial charge >= 0.3 is 0 Å². The van der Waals surface area contributed by atoms with Gasteiger partial charge in [0.05, 0.1) is 12.2 Å². The molecule has 90 valence electrons. The summed E-state index contributed by atoms with van der Waals surface area (Å²) in [6.45, 7) is 16.6. The molecule has 2 nitrogen and oxygen atoms in total. The highest BCUT2D eigenvalue weighted by Crippen LogP contribution is 2.37. The van der Waals surface area contributed by atoms with Crippen LogP contribution in [0.25, 0.3) is 0 Å². The van der Waals surface area contributed by atoms with Crippen molar-refractivity contribution in [1.29, 1.82) is 0 Å². The van der Waals surface area contributed by atoms with E-state index in [4.69, 9.17) is 4.43 Å². The van der Waals surface area contributed by atoms with Crippen LogP contribution in [0.4, 0.5) is 0 Å². The van der Waals surface area contributed by atoms with Crippen molar-refractivity contribution in [2.75, 3.05) is 0 Å². The molecule has 2 atom stereocenters. The first-order valence-electron chi connectivity index (χ1n) is 5.58. The first-order valence-corrected chi connectivity index (χ1v) is 8.49. The fourth-order valence-electron chi connectivity index (χ4n) is 1.08. The topological polar surface area (TPSA) is 29.5 Å². The predicted molar refractivity (Wildman–Crippen MR) is 68.6 cm³/mol. The maximum Gasteiger partial charge on any atom is 0.192 e. The lowest BCUT2D eigenvalue weighted by Gasteiger charge is -2.39. The maximum atomic E-state index is 9.77. The van der Waals surface area contributed by atoms with E-state index in [1.807, 2.05) is 6.92 Å². The second-order valence-electron chi connectivity index (χ2n) is 5.68. The van der Waals surface area contributed by atoms with Crippen LogP contribution in [-0.2, 0) is 4.43 Å². The van der Waals surface area contributed by atoms with Gasteiger partial charge in [-0.25, -0.2) is 0 Å². The molecule has 0 fully saturated rings. The third-order valence-corrected chi connectivity index (χ3v) is 7.81. The molecule has 0 aliphatic carbocycles. The van der Waals surface area contributed by atoms with Crippen LogP contribution in [0.2, 0.25) is 18.1 Å². The second-order valence-corrected chi connectivity index (χ2v) is 10.4. The Morgan fingerprint density at radius 3 is 2.20 bits per heavy atom. The monoisotopic (exact) mass is 230 g/mol. The summed E-state index contributed by atoms with van der Waals surface area (Å²) in [4.78, 5) is 0. The largest absolute Gasteiger partial charge is 0.412 e. The molecule has 0 amide bonds. The molecule has 0 aliphatic heterocycles. The summed E-state index contributed by atoms with van der Waals surface area (Å²) < 4.78 is 6.06. The summed E-state index contributed by atoms with van der Waals surface area (Å²) in [6.07, 6.45) is 1.78. The van der Waals surface area contributed by atoms with Crippen molar-refractivity contribution in [3.63, 3.8) is 0 Å². The van der Waals surface area contributed by atoms with Crippen LogP contribution in [-0.4, -0.2) is 25.6 Å². The third-order valence-electron chi connectivity index (χ3n) is 3.24. The van der Waals surface area contributed by atoms with Gasteiger partial charge in [-0.1, -0.05) is 26.8 Å². The minimum absolute atomic E-state index is 0.108. The number of hydrogen-bond acceptors (Lipinski definition) is 2. The Kier molecular flexibility index (Phi) is 5.24. The van der Waals surface area contributed by atoms with Gasteiger partial charge in [-0.05, 0) is 31.5 Å². The molecule has 0 radical (unpaired) electrons. The third kappa shape index (κ3) is 4.49. The molecule has 0 rings (SSSR count). The smallest absolute Gasteiger partial charge is 0.192 e. The SMILES string of the molecule is C=CC[C@@H](O)[C@@H](C)O[Si](C)(C)C(C)(C)C. The van der Waals surface area contributed by atoms with Gasteiger partial charge in [-0.15, -0.1) is 6.58 Å². The molecule has 0 unspecified atom stereocenters. The fraction of sp³-hybridized carbons (Fsp3) is 0.833. The highest BCUT2D eigenvalue weighted by Gasteiger charge is 2.39. The van der Waals surface area contributed by atoms with Crippen molar-refractivity contribution in [3.05, 3.63) is 12.7 Å². The number of hydrogen-bond donors (Lipinski definition) is 1. The Balaban J connectivity index is 4.39. The molecule has 0 aromatic rings. The van der Waals surface area contributed by atoms with Crippen LogP contribution >= 0.6 is 0 Å². The van der Waals surface area contributed by atoms with Gasteiger partial charge in [-0.2, -0.15) is 0 Å². The Bertz CT molecular complexity index is 206. The summed E-state index contributed by atoms with van der Waals surface area (Å²) in [5, 5.41) is 9.96. The number of aliphatic hydroxyl groups is 1. The van der Waals surface area contributed by atoms with E-state index in [1.54, 1.807) is 6.08 Å². The van der Waals surface area contributed by atoms with Gasteiger partial charge in [0.25, 0.3) is 0 Å². The van der Waals surface area contributed by atoms with Gasteiger partial charge in [0, 0.05) is 0 Å². The van der Waals surface area contributed by atoms with Gasteiger partial charge in [0.1, 0.15) is 0 Å². The van der Waals surface area contributed by atoms with E-state index in [9.17, 15) is 5.11 Å². The minimum Gasteiger partial charge on any atom is -0.412 e. The standard InChI is InChI=1S/C12H26O2Si/c1-8-9-11(13)10(2)14-15(6,7)12(3,4)5/h8,10-11,13H,1,9H2,2-7H3/t10-,11-/m1/s1. The predicted octanol–water partition coefficient (Wildman–Crippen LogP) is 3.33. The molecule has 0 saturated heterocycles. The van der Waals surface area contributed by atoms with Crippen LogP contribution in [0.5, 0.6) is 0 Å². The van der Waals surface area contributed by atoms with E-state index in [0.29, 0.717) is 6.42 Å². The van der Waals surface area contributed by atoms with Crippen LogP contribution in [0, 0.1) is 0 Å². The first kappa shape index (κ1) is 14.9. The molecular weight excluding hydrogens is 204 g/mol. The van der Waals surface area contributed by atoms with Crippen molar-refractivity contribution in [3.8, 4) is 0 Å². The molecule has 0 heterocycles.